The molecule has 0 saturated carbocycles. The summed E-state index contributed by atoms with van der Waals surface area (Å²) in [6.07, 6.45) is 2.80. The van der Waals surface area contributed by atoms with Gasteiger partial charge in [0.1, 0.15) is 6.10 Å². The first-order chi connectivity index (χ1) is 15.1. The summed E-state index contributed by atoms with van der Waals surface area (Å²) in [5, 5.41) is 0. The van der Waals surface area contributed by atoms with Crippen LogP contribution in [0.3, 0.4) is 0 Å². The lowest BCUT2D eigenvalue weighted by Crippen LogP contribution is -2.39. The van der Waals surface area contributed by atoms with Crippen molar-refractivity contribution in [1.29, 1.82) is 0 Å². The van der Waals surface area contributed by atoms with E-state index in [1.54, 1.807) is 0 Å². The summed E-state index contributed by atoms with van der Waals surface area (Å²) in [5.74, 6) is -1.16. The van der Waals surface area contributed by atoms with Crippen molar-refractivity contribution in [2.45, 2.75) is 28.7 Å². The van der Waals surface area contributed by atoms with Crippen LogP contribution in [-0.2, 0) is 19.1 Å². The molecule has 6 bridgehead atoms. The second-order valence-electron chi connectivity index (χ2n) is 9.37. The first-order valence-electron chi connectivity index (χ1n) is 10.8. The van der Waals surface area contributed by atoms with Crippen LogP contribution in [0.25, 0.3) is 0 Å². The Hall–Kier alpha value is -2.34. The zero-order valence-corrected chi connectivity index (χ0v) is 17.9. The Kier molecular flexibility index (Phi) is 2.97. The van der Waals surface area contributed by atoms with Crippen molar-refractivity contribution >= 4 is 27.5 Å². The topological polar surface area (TPSA) is 52.6 Å². The van der Waals surface area contributed by atoms with Gasteiger partial charge in [-0.25, -0.2) is 0 Å². The maximum absolute atomic E-state index is 14.0. The zero-order valence-electron chi connectivity index (χ0n) is 16.3. The molecule has 0 unspecified atom stereocenters. The number of carbonyl (C=O) groups excluding carboxylic acids is 2. The first-order valence-corrected chi connectivity index (χ1v) is 11.6. The summed E-state index contributed by atoms with van der Waals surface area (Å²) < 4.78 is 12.2. The van der Waals surface area contributed by atoms with E-state index in [1.807, 2.05) is 42.5 Å². The molecule has 31 heavy (non-hydrogen) atoms. The molecule has 5 heteroatoms. The summed E-state index contributed by atoms with van der Waals surface area (Å²) in [7, 11) is 0. The highest BCUT2D eigenvalue weighted by molar-refractivity contribution is 9.10. The molecule has 0 radical (unpaired) electrons. The van der Waals surface area contributed by atoms with Gasteiger partial charge in [0.25, 0.3) is 0 Å². The number of halogens is 1. The quantitative estimate of drug-likeness (QED) is 0.524. The van der Waals surface area contributed by atoms with Crippen LogP contribution >= 0.6 is 15.9 Å². The lowest BCUT2D eigenvalue weighted by Gasteiger charge is -2.33. The van der Waals surface area contributed by atoms with Gasteiger partial charge in [0, 0.05) is 5.57 Å². The van der Waals surface area contributed by atoms with Crippen molar-refractivity contribution in [1.82, 2.24) is 0 Å². The molecule has 8 rings (SSSR count). The summed E-state index contributed by atoms with van der Waals surface area (Å²) in [5.41, 5.74) is 5.91. The number of ketones is 2. The maximum Gasteiger partial charge on any atom is 0.167 e. The van der Waals surface area contributed by atoms with Crippen LogP contribution in [0.15, 0.2) is 71.8 Å². The molecule has 0 spiro atoms. The van der Waals surface area contributed by atoms with Gasteiger partial charge in [0.2, 0.25) is 0 Å². The fourth-order valence-electron chi connectivity index (χ4n) is 7.02. The van der Waals surface area contributed by atoms with Crippen molar-refractivity contribution in [2.24, 2.45) is 17.8 Å². The predicted molar refractivity (Wildman–Crippen MR) is 114 cm³/mol. The van der Waals surface area contributed by atoms with Crippen molar-refractivity contribution in [2.75, 3.05) is 0 Å². The van der Waals surface area contributed by atoms with E-state index < -0.39 is 16.3 Å². The summed E-state index contributed by atoms with van der Waals surface area (Å²) >= 11 is 4.01. The first kappa shape index (κ1) is 17.2. The van der Waals surface area contributed by atoms with E-state index in [4.69, 9.17) is 9.47 Å². The van der Waals surface area contributed by atoms with Gasteiger partial charge in [0.15, 0.2) is 11.6 Å². The van der Waals surface area contributed by atoms with Crippen LogP contribution in [0.2, 0.25) is 0 Å². The van der Waals surface area contributed by atoms with Crippen molar-refractivity contribution in [3.05, 3.63) is 94.1 Å². The number of allylic oxidation sites excluding steroid dienone is 1. The van der Waals surface area contributed by atoms with Crippen LogP contribution in [0.1, 0.15) is 46.7 Å². The number of carbonyl (C=O) groups is 2. The van der Waals surface area contributed by atoms with Gasteiger partial charge in [-0.1, -0.05) is 76.6 Å². The maximum atomic E-state index is 14.0. The van der Waals surface area contributed by atoms with Crippen LogP contribution in [0.4, 0.5) is 0 Å². The number of hydrogen-bond acceptors (Lipinski definition) is 4. The minimum Gasteiger partial charge on any atom is -0.363 e. The fourth-order valence-corrected chi connectivity index (χ4v) is 8.16. The summed E-state index contributed by atoms with van der Waals surface area (Å²) in [6.45, 7) is 0. The van der Waals surface area contributed by atoms with Crippen LogP contribution < -0.4 is 0 Å². The number of rotatable bonds is 0. The molecule has 4 nitrogen and oxygen atoms in total. The van der Waals surface area contributed by atoms with Crippen molar-refractivity contribution < 1.29 is 19.1 Å². The van der Waals surface area contributed by atoms with E-state index in [0.29, 0.717) is 5.57 Å². The van der Waals surface area contributed by atoms with Crippen molar-refractivity contribution in [3.8, 4) is 0 Å². The van der Waals surface area contributed by atoms with E-state index in [2.05, 4.69) is 34.1 Å². The number of Topliss-reactive ketones (excluding diaryl/α,β-unsaturated/α-hetero) is 2. The average molecular weight is 473 g/mol. The molecule has 152 valence electrons. The molecule has 2 aliphatic carbocycles. The Morgan fingerprint density at radius 1 is 0.806 bits per heavy atom. The molecule has 6 aliphatic rings. The minimum absolute atomic E-state index is 0.0314. The molecule has 2 fully saturated rings. The van der Waals surface area contributed by atoms with E-state index in [-0.39, 0.29) is 41.7 Å². The van der Waals surface area contributed by atoms with Gasteiger partial charge < -0.3 is 9.47 Å². The van der Waals surface area contributed by atoms with E-state index in [9.17, 15) is 9.59 Å². The molecule has 4 aliphatic heterocycles. The molecule has 0 amide bonds. The Morgan fingerprint density at radius 3 is 2.19 bits per heavy atom. The highest BCUT2D eigenvalue weighted by Gasteiger charge is 2.71. The lowest BCUT2D eigenvalue weighted by molar-refractivity contribution is -0.148. The van der Waals surface area contributed by atoms with Gasteiger partial charge in [0.05, 0.1) is 40.4 Å². The molecule has 2 saturated heterocycles. The third kappa shape index (κ3) is 1.73. The molecular formula is C26H17BrO4. The molecular weight excluding hydrogens is 456 g/mol. The SMILES string of the molecule is O=C1[C@@H]2C3=C(C=C[C@H]1[C@H]1O[C@@H]2c2ccccc21)[C@@]1(Br)[C@@H]2O[C@@H](c4ccccc42)[C@H]1C3=O. The molecule has 8 atom stereocenters. The smallest absolute Gasteiger partial charge is 0.167 e. The molecule has 4 heterocycles. The molecule has 2 aromatic carbocycles. The highest BCUT2D eigenvalue weighted by Crippen LogP contribution is 2.71. The van der Waals surface area contributed by atoms with Gasteiger partial charge in [-0.05, 0) is 27.8 Å². The highest BCUT2D eigenvalue weighted by atomic mass is 79.9. The minimum atomic E-state index is -0.633. The number of fused-ring (bicyclic) bond motifs is 19. The standard InChI is InChI=1S/C26H17BrO4/c27-26-16-10-9-15-20(28)18(23-12-6-2-1-5-11(12)22(15)30-23)17(16)21(29)19(26)24-13-7-3-4-8-14(13)25(26)31-24/h1-10,15,18-19,22-25H/t15-,18+,19-,22+,23-,24+,25-,26+/m1/s1. The van der Waals surface area contributed by atoms with E-state index >= 15 is 0 Å². The van der Waals surface area contributed by atoms with Crippen LogP contribution in [0, 0.1) is 17.8 Å². The second kappa shape index (κ2) is 5.34. The van der Waals surface area contributed by atoms with Crippen molar-refractivity contribution in [3.63, 3.8) is 0 Å². The van der Waals surface area contributed by atoms with Crippen LogP contribution in [0.5, 0.6) is 0 Å². The largest absolute Gasteiger partial charge is 0.363 e. The Morgan fingerprint density at radius 2 is 1.45 bits per heavy atom. The number of benzene rings is 2. The number of hydrogen-bond donors (Lipinski definition) is 0. The average Bonchev–Trinajstić information content (AvgIpc) is 3.45. The lowest BCUT2D eigenvalue weighted by atomic mass is 9.74. The normalized spacial score (nSPS) is 42.4. The van der Waals surface area contributed by atoms with E-state index in [1.165, 1.54) is 0 Å². The molecule has 0 N–H and O–H groups in total. The van der Waals surface area contributed by atoms with Gasteiger partial charge in [-0.3, -0.25) is 9.59 Å². The van der Waals surface area contributed by atoms with Crippen LogP contribution in [-0.4, -0.2) is 15.9 Å². The molecule has 2 aromatic rings. The Labute approximate surface area is 187 Å². The Bertz CT molecular complexity index is 1310. The summed E-state index contributed by atoms with van der Waals surface area (Å²) in [4.78, 5) is 27.7. The van der Waals surface area contributed by atoms with Gasteiger partial charge in [-0.15, -0.1) is 0 Å². The third-order valence-electron chi connectivity index (χ3n) is 8.20. The van der Waals surface area contributed by atoms with Gasteiger partial charge in [-0.2, -0.15) is 0 Å². The zero-order chi connectivity index (χ0) is 20.6. The third-order valence-corrected chi connectivity index (χ3v) is 9.54. The number of alkyl halides is 1. The van der Waals surface area contributed by atoms with E-state index in [0.717, 1.165) is 27.8 Å². The van der Waals surface area contributed by atoms with Gasteiger partial charge >= 0.3 is 0 Å². The predicted octanol–water partition coefficient (Wildman–Crippen LogP) is 4.64. The fraction of sp³-hybridized carbons (Fsp3) is 0.308. The number of ether oxygens (including phenoxy) is 2. The monoisotopic (exact) mass is 472 g/mol. The second-order valence-corrected chi connectivity index (χ2v) is 10.7. The summed E-state index contributed by atoms with van der Waals surface area (Å²) in [6, 6.07) is 16.2. The Balaban J connectivity index is 1.37. The molecule has 0 aromatic heterocycles.